The number of ether oxygens (including phenoxy) is 1. The summed E-state index contributed by atoms with van der Waals surface area (Å²) in [7, 11) is 1.45. The molecule has 1 aliphatic rings. The van der Waals surface area contributed by atoms with Gasteiger partial charge in [0.1, 0.15) is 6.73 Å². The van der Waals surface area contributed by atoms with Crippen molar-refractivity contribution in [3.05, 3.63) is 105 Å². The molecule has 2 amide bonds. The number of methoxy groups -OCH3 is 1. The molecule has 1 heterocycles. The second kappa shape index (κ2) is 10.5. The highest BCUT2D eigenvalue weighted by Crippen LogP contribution is 2.47. The first-order valence-corrected chi connectivity index (χ1v) is 11.5. The molecule has 3 atom stereocenters. The van der Waals surface area contributed by atoms with Crippen LogP contribution in [0.15, 0.2) is 72.8 Å². The van der Waals surface area contributed by atoms with Gasteiger partial charge in [0.05, 0.1) is 12.0 Å². The third-order valence-electron chi connectivity index (χ3n) is 5.96. The highest BCUT2D eigenvalue weighted by Gasteiger charge is 2.48. The molecule has 0 aromatic heterocycles. The van der Waals surface area contributed by atoms with E-state index in [9.17, 15) is 19.5 Å². The van der Waals surface area contributed by atoms with E-state index in [1.807, 2.05) is 0 Å². The topological polar surface area (TPSA) is 95.9 Å². The average molecular weight is 513 g/mol. The Morgan fingerprint density at radius 1 is 1.00 bits per heavy atom. The fourth-order valence-corrected chi connectivity index (χ4v) is 4.71. The lowest BCUT2D eigenvalue weighted by Crippen LogP contribution is -2.50. The van der Waals surface area contributed by atoms with Crippen LogP contribution in [-0.4, -0.2) is 41.6 Å². The number of benzene rings is 3. The van der Waals surface area contributed by atoms with Crippen LogP contribution >= 0.6 is 23.2 Å². The van der Waals surface area contributed by atoms with Crippen LogP contribution in [0, 0.1) is 0 Å². The summed E-state index contributed by atoms with van der Waals surface area (Å²) < 4.78 is 5.03. The minimum atomic E-state index is -1.38. The normalized spacial score (nSPS) is 18.0. The highest BCUT2D eigenvalue weighted by molar-refractivity contribution is 6.30. The molecule has 3 aromatic rings. The van der Waals surface area contributed by atoms with Crippen LogP contribution in [0.3, 0.4) is 0 Å². The zero-order valence-electron chi connectivity index (χ0n) is 18.7. The Morgan fingerprint density at radius 3 is 2.20 bits per heavy atom. The minimum Gasteiger partial charge on any atom is -0.479 e. The van der Waals surface area contributed by atoms with E-state index in [1.54, 1.807) is 72.8 Å². The van der Waals surface area contributed by atoms with Gasteiger partial charge in [-0.25, -0.2) is 4.79 Å². The second-order valence-corrected chi connectivity index (χ2v) is 8.91. The SMILES string of the molecule is COCNC(=O)C1c2ccccc2C(=O)N(C(C(=O)O)c2ccc(Cl)cc2)C1c1ccc(Cl)cc1. The maximum Gasteiger partial charge on any atom is 0.331 e. The molecule has 7 nitrogen and oxygen atoms in total. The predicted octanol–water partition coefficient (Wildman–Crippen LogP) is 4.82. The lowest BCUT2D eigenvalue weighted by Gasteiger charge is -2.44. The van der Waals surface area contributed by atoms with Crippen molar-refractivity contribution in [1.29, 1.82) is 0 Å². The quantitative estimate of drug-likeness (QED) is 0.442. The fraction of sp³-hybridized carbons (Fsp3) is 0.192. The lowest BCUT2D eigenvalue weighted by molar-refractivity contribution is -0.144. The summed E-state index contributed by atoms with van der Waals surface area (Å²) in [4.78, 5) is 41.3. The third-order valence-corrected chi connectivity index (χ3v) is 6.46. The lowest BCUT2D eigenvalue weighted by atomic mass is 9.78. The summed E-state index contributed by atoms with van der Waals surface area (Å²) in [5.74, 6) is -3.06. The fourth-order valence-electron chi connectivity index (χ4n) is 4.46. The van der Waals surface area contributed by atoms with Gasteiger partial charge in [0.2, 0.25) is 5.91 Å². The predicted molar refractivity (Wildman–Crippen MR) is 131 cm³/mol. The molecule has 0 radical (unpaired) electrons. The van der Waals surface area contributed by atoms with Gasteiger partial charge in [-0.3, -0.25) is 9.59 Å². The molecular formula is C26H22Cl2N2O5. The molecule has 4 rings (SSSR count). The van der Waals surface area contributed by atoms with E-state index in [0.717, 1.165) is 0 Å². The molecule has 0 aliphatic carbocycles. The minimum absolute atomic E-state index is 0.0433. The molecule has 0 saturated carbocycles. The van der Waals surface area contributed by atoms with Crippen LogP contribution in [0.25, 0.3) is 0 Å². The summed E-state index contributed by atoms with van der Waals surface area (Å²) in [5.41, 5.74) is 1.68. The van der Waals surface area contributed by atoms with E-state index >= 15 is 0 Å². The van der Waals surface area contributed by atoms with Gasteiger partial charge >= 0.3 is 5.97 Å². The molecule has 3 aromatic carbocycles. The molecule has 0 spiro atoms. The summed E-state index contributed by atoms with van der Waals surface area (Å²) >= 11 is 12.1. The van der Waals surface area contributed by atoms with Gasteiger partial charge in [0, 0.05) is 22.7 Å². The van der Waals surface area contributed by atoms with E-state index in [2.05, 4.69) is 5.32 Å². The molecule has 0 bridgehead atoms. The maximum absolute atomic E-state index is 13.9. The number of rotatable bonds is 7. The van der Waals surface area contributed by atoms with Crippen molar-refractivity contribution in [2.75, 3.05) is 13.8 Å². The Bertz CT molecular complexity index is 1250. The van der Waals surface area contributed by atoms with Crippen molar-refractivity contribution in [2.45, 2.75) is 18.0 Å². The summed E-state index contributed by atoms with van der Waals surface area (Å²) in [6.07, 6.45) is 0. The van der Waals surface area contributed by atoms with E-state index < -0.39 is 35.8 Å². The van der Waals surface area contributed by atoms with E-state index in [0.29, 0.717) is 26.7 Å². The smallest absolute Gasteiger partial charge is 0.331 e. The van der Waals surface area contributed by atoms with Crippen molar-refractivity contribution in [1.82, 2.24) is 10.2 Å². The number of carbonyl (C=O) groups excluding carboxylic acids is 2. The highest BCUT2D eigenvalue weighted by atomic mass is 35.5. The second-order valence-electron chi connectivity index (χ2n) is 8.04. The summed E-state index contributed by atoms with van der Waals surface area (Å²) in [6, 6.07) is 17.3. The third kappa shape index (κ3) is 4.89. The molecule has 2 N–H and O–H groups in total. The van der Waals surface area contributed by atoms with Crippen LogP contribution in [0.4, 0.5) is 0 Å². The molecule has 9 heteroatoms. The number of aliphatic carboxylic acids is 1. The van der Waals surface area contributed by atoms with Crippen LogP contribution in [0.1, 0.15) is 45.0 Å². The molecule has 0 fully saturated rings. The number of nitrogens with zero attached hydrogens (tertiary/aromatic N) is 1. The number of hydrogen-bond donors (Lipinski definition) is 2. The van der Waals surface area contributed by atoms with E-state index in [-0.39, 0.29) is 12.3 Å². The summed E-state index contributed by atoms with van der Waals surface area (Å²) in [6.45, 7) is -0.0433. The number of amides is 2. The number of carboxylic acids is 1. The largest absolute Gasteiger partial charge is 0.479 e. The number of carbonyl (C=O) groups is 3. The van der Waals surface area contributed by atoms with Crippen LogP contribution in [-0.2, 0) is 14.3 Å². The van der Waals surface area contributed by atoms with Crippen molar-refractivity contribution in [3.63, 3.8) is 0 Å². The Morgan fingerprint density at radius 2 is 1.60 bits per heavy atom. The van der Waals surface area contributed by atoms with Crippen LogP contribution < -0.4 is 5.32 Å². The number of fused-ring (bicyclic) bond motifs is 1. The van der Waals surface area contributed by atoms with Gasteiger partial charge in [-0.1, -0.05) is 65.7 Å². The Labute approximate surface area is 212 Å². The molecule has 0 saturated heterocycles. The molecule has 180 valence electrons. The number of nitrogens with one attached hydrogen (secondary N) is 1. The van der Waals surface area contributed by atoms with Gasteiger partial charge in [-0.15, -0.1) is 0 Å². The van der Waals surface area contributed by atoms with Gasteiger partial charge in [-0.05, 0) is 47.0 Å². The number of carboxylic acid groups (broad SMARTS) is 1. The van der Waals surface area contributed by atoms with Crippen molar-refractivity contribution < 1.29 is 24.2 Å². The average Bonchev–Trinajstić information content (AvgIpc) is 2.85. The van der Waals surface area contributed by atoms with Crippen LogP contribution in [0.2, 0.25) is 10.0 Å². The number of hydrogen-bond acceptors (Lipinski definition) is 4. The van der Waals surface area contributed by atoms with Gasteiger partial charge < -0.3 is 20.1 Å². The zero-order valence-corrected chi connectivity index (χ0v) is 20.2. The molecule has 35 heavy (non-hydrogen) atoms. The van der Waals surface area contributed by atoms with Gasteiger partial charge in [0.15, 0.2) is 6.04 Å². The first-order chi connectivity index (χ1) is 16.8. The van der Waals surface area contributed by atoms with Crippen LogP contribution in [0.5, 0.6) is 0 Å². The van der Waals surface area contributed by atoms with Crippen molar-refractivity contribution in [2.24, 2.45) is 0 Å². The van der Waals surface area contributed by atoms with Crippen molar-refractivity contribution >= 4 is 41.0 Å². The monoisotopic (exact) mass is 512 g/mol. The standard InChI is InChI=1S/C26H22Cl2N2O5/c1-35-14-29-24(31)21-19-4-2-3-5-20(19)25(32)30(22(21)15-6-10-17(27)11-7-15)23(26(33)34)16-8-12-18(28)13-9-16/h2-13,21-23H,14H2,1H3,(H,29,31)(H,33,34). The maximum atomic E-state index is 13.9. The summed E-state index contributed by atoms with van der Waals surface area (Å²) in [5, 5.41) is 13.9. The zero-order chi connectivity index (χ0) is 25.1. The first-order valence-electron chi connectivity index (χ1n) is 10.8. The molecule has 3 unspecified atom stereocenters. The first kappa shape index (κ1) is 24.7. The molecular weight excluding hydrogens is 491 g/mol. The van der Waals surface area contributed by atoms with E-state index in [4.69, 9.17) is 27.9 Å². The van der Waals surface area contributed by atoms with Gasteiger partial charge in [-0.2, -0.15) is 0 Å². The Balaban J connectivity index is 1.97. The van der Waals surface area contributed by atoms with E-state index in [1.165, 1.54) is 12.0 Å². The molecule has 1 aliphatic heterocycles. The van der Waals surface area contributed by atoms with Crippen molar-refractivity contribution in [3.8, 4) is 0 Å². The Kier molecular flexibility index (Phi) is 7.40. The number of halogens is 2. The van der Waals surface area contributed by atoms with Gasteiger partial charge in [0.25, 0.3) is 5.91 Å². The Hall–Kier alpha value is -3.39.